The summed E-state index contributed by atoms with van der Waals surface area (Å²) in [4.78, 5) is 19.2. The number of nitrogens with zero attached hydrogens (tertiary/aromatic N) is 3. The molecule has 2 heterocycles. The van der Waals surface area contributed by atoms with Crippen LogP contribution in [0.5, 0.6) is 0 Å². The molecule has 1 aliphatic carbocycles. The SMILES string of the molecule is O=C(NCCc1ccccc1)C1CCN(Cc2cncn2C2CC2)CC1. The average molecular weight is 352 g/mol. The first kappa shape index (κ1) is 17.3. The molecule has 0 unspecified atom stereocenters. The third-order valence-electron chi connectivity index (χ3n) is 5.59. The van der Waals surface area contributed by atoms with E-state index in [-0.39, 0.29) is 11.8 Å². The molecular weight excluding hydrogens is 324 g/mol. The van der Waals surface area contributed by atoms with Crippen LogP contribution in [0.3, 0.4) is 0 Å². The fraction of sp³-hybridized carbons (Fsp3) is 0.524. The zero-order chi connectivity index (χ0) is 17.8. The van der Waals surface area contributed by atoms with E-state index in [0.717, 1.165) is 45.4 Å². The topological polar surface area (TPSA) is 50.2 Å². The van der Waals surface area contributed by atoms with Gasteiger partial charge in [0.25, 0.3) is 0 Å². The molecule has 26 heavy (non-hydrogen) atoms. The van der Waals surface area contributed by atoms with Gasteiger partial charge in [0, 0.05) is 31.2 Å². The second-order valence-electron chi connectivity index (χ2n) is 7.60. The molecule has 2 fully saturated rings. The number of imidazole rings is 1. The molecule has 1 aromatic carbocycles. The van der Waals surface area contributed by atoms with Crippen LogP contribution in [-0.4, -0.2) is 40.0 Å². The molecule has 4 rings (SSSR count). The van der Waals surface area contributed by atoms with Crippen molar-refractivity contribution < 1.29 is 4.79 Å². The molecule has 2 aromatic rings. The lowest BCUT2D eigenvalue weighted by atomic mass is 9.95. The van der Waals surface area contributed by atoms with Crippen LogP contribution in [0.4, 0.5) is 0 Å². The van der Waals surface area contributed by atoms with Crippen LogP contribution in [0.15, 0.2) is 42.9 Å². The van der Waals surface area contributed by atoms with Gasteiger partial charge in [0.2, 0.25) is 5.91 Å². The zero-order valence-corrected chi connectivity index (χ0v) is 15.3. The van der Waals surface area contributed by atoms with Gasteiger partial charge in [-0.1, -0.05) is 30.3 Å². The van der Waals surface area contributed by atoms with Crippen molar-refractivity contribution in [3.05, 3.63) is 54.1 Å². The zero-order valence-electron chi connectivity index (χ0n) is 15.3. The lowest BCUT2D eigenvalue weighted by Crippen LogP contribution is -2.40. The van der Waals surface area contributed by atoms with Gasteiger partial charge >= 0.3 is 0 Å². The number of rotatable bonds is 7. The van der Waals surface area contributed by atoms with Gasteiger partial charge in [-0.15, -0.1) is 0 Å². The molecule has 1 N–H and O–H groups in total. The number of carbonyl (C=O) groups excluding carboxylic acids is 1. The van der Waals surface area contributed by atoms with Crippen molar-refractivity contribution in [1.82, 2.24) is 19.8 Å². The summed E-state index contributed by atoms with van der Waals surface area (Å²) in [6, 6.07) is 11.0. The van der Waals surface area contributed by atoms with E-state index in [9.17, 15) is 4.79 Å². The van der Waals surface area contributed by atoms with Gasteiger partial charge in [-0.25, -0.2) is 4.98 Å². The van der Waals surface area contributed by atoms with E-state index in [0.29, 0.717) is 6.04 Å². The van der Waals surface area contributed by atoms with Crippen molar-refractivity contribution in [2.24, 2.45) is 5.92 Å². The number of benzene rings is 1. The van der Waals surface area contributed by atoms with Crippen molar-refractivity contribution in [3.8, 4) is 0 Å². The largest absolute Gasteiger partial charge is 0.356 e. The summed E-state index contributed by atoms with van der Waals surface area (Å²) in [5.74, 6) is 0.388. The molecule has 1 saturated carbocycles. The Morgan fingerprint density at radius 3 is 2.62 bits per heavy atom. The molecule has 5 heteroatoms. The van der Waals surface area contributed by atoms with E-state index in [1.165, 1.54) is 24.1 Å². The van der Waals surface area contributed by atoms with Gasteiger partial charge in [0.05, 0.1) is 12.0 Å². The lowest BCUT2D eigenvalue weighted by molar-refractivity contribution is -0.126. The normalized spacial score (nSPS) is 18.8. The van der Waals surface area contributed by atoms with Gasteiger partial charge in [0.15, 0.2) is 0 Å². The van der Waals surface area contributed by atoms with E-state index >= 15 is 0 Å². The Balaban J connectivity index is 1.19. The van der Waals surface area contributed by atoms with Crippen LogP contribution >= 0.6 is 0 Å². The van der Waals surface area contributed by atoms with E-state index in [1.807, 2.05) is 30.7 Å². The van der Waals surface area contributed by atoms with Crippen molar-refractivity contribution in [2.45, 2.75) is 44.7 Å². The first-order valence-electron chi connectivity index (χ1n) is 9.84. The standard InChI is InChI=1S/C21H28N4O/c26-21(23-11-8-17-4-2-1-3-5-17)18-9-12-24(13-10-18)15-20-14-22-16-25(20)19-6-7-19/h1-5,14,16,18-19H,6-13,15H2,(H,23,26). The first-order valence-corrected chi connectivity index (χ1v) is 9.84. The van der Waals surface area contributed by atoms with Crippen LogP contribution in [0.1, 0.15) is 43.0 Å². The number of likely N-dealkylation sites (tertiary alicyclic amines) is 1. The predicted octanol–water partition coefficient (Wildman–Crippen LogP) is 2.79. The highest BCUT2D eigenvalue weighted by Crippen LogP contribution is 2.36. The van der Waals surface area contributed by atoms with Gasteiger partial charge in [-0.2, -0.15) is 0 Å². The Bertz CT molecular complexity index is 715. The molecule has 5 nitrogen and oxygen atoms in total. The van der Waals surface area contributed by atoms with Crippen molar-refractivity contribution in [1.29, 1.82) is 0 Å². The fourth-order valence-electron chi connectivity index (χ4n) is 3.84. The molecule has 1 aliphatic heterocycles. The van der Waals surface area contributed by atoms with Crippen molar-refractivity contribution in [2.75, 3.05) is 19.6 Å². The number of hydrogen-bond acceptors (Lipinski definition) is 3. The third-order valence-corrected chi connectivity index (χ3v) is 5.59. The quantitative estimate of drug-likeness (QED) is 0.834. The number of nitrogens with one attached hydrogen (secondary N) is 1. The van der Waals surface area contributed by atoms with Gasteiger partial charge < -0.3 is 9.88 Å². The van der Waals surface area contributed by atoms with Crippen LogP contribution < -0.4 is 5.32 Å². The molecule has 0 atom stereocenters. The predicted molar refractivity (Wildman–Crippen MR) is 102 cm³/mol. The maximum atomic E-state index is 12.4. The first-order chi connectivity index (χ1) is 12.8. The summed E-state index contributed by atoms with van der Waals surface area (Å²) >= 11 is 0. The molecule has 1 aromatic heterocycles. The second kappa shape index (κ2) is 8.04. The number of hydrogen-bond donors (Lipinski definition) is 1. The van der Waals surface area contributed by atoms with E-state index in [1.54, 1.807) is 0 Å². The number of amides is 1. The summed E-state index contributed by atoms with van der Waals surface area (Å²) < 4.78 is 2.34. The maximum Gasteiger partial charge on any atom is 0.223 e. The third kappa shape index (κ3) is 4.33. The molecule has 2 aliphatic rings. The van der Waals surface area contributed by atoms with E-state index in [2.05, 4.69) is 31.9 Å². The van der Waals surface area contributed by atoms with Crippen LogP contribution in [0.25, 0.3) is 0 Å². The van der Waals surface area contributed by atoms with Gasteiger partial charge in [-0.05, 0) is 50.8 Å². The minimum atomic E-state index is 0.162. The van der Waals surface area contributed by atoms with Crippen LogP contribution in [0.2, 0.25) is 0 Å². The van der Waals surface area contributed by atoms with E-state index in [4.69, 9.17) is 0 Å². The van der Waals surface area contributed by atoms with Crippen molar-refractivity contribution in [3.63, 3.8) is 0 Å². The molecule has 1 saturated heterocycles. The van der Waals surface area contributed by atoms with E-state index < -0.39 is 0 Å². The smallest absolute Gasteiger partial charge is 0.223 e. The second-order valence-corrected chi connectivity index (χ2v) is 7.60. The highest BCUT2D eigenvalue weighted by atomic mass is 16.1. The molecule has 138 valence electrons. The Kier molecular flexibility index (Phi) is 5.34. The monoisotopic (exact) mass is 352 g/mol. The summed E-state index contributed by atoms with van der Waals surface area (Å²) in [6.45, 7) is 3.67. The highest BCUT2D eigenvalue weighted by Gasteiger charge is 2.28. The van der Waals surface area contributed by atoms with Gasteiger partial charge in [0.1, 0.15) is 0 Å². The van der Waals surface area contributed by atoms with Crippen LogP contribution in [-0.2, 0) is 17.8 Å². The minimum absolute atomic E-state index is 0.162. The molecule has 0 spiro atoms. The molecule has 0 bridgehead atoms. The summed E-state index contributed by atoms with van der Waals surface area (Å²) in [5.41, 5.74) is 2.59. The summed E-state index contributed by atoms with van der Waals surface area (Å²) in [7, 11) is 0. The number of piperidine rings is 1. The Labute approximate surface area is 155 Å². The molecule has 0 radical (unpaired) electrons. The fourth-order valence-corrected chi connectivity index (χ4v) is 3.84. The Hall–Kier alpha value is -2.14. The highest BCUT2D eigenvalue weighted by molar-refractivity contribution is 5.78. The van der Waals surface area contributed by atoms with Crippen molar-refractivity contribution >= 4 is 5.91 Å². The number of carbonyl (C=O) groups is 1. The van der Waals surface area contributed by atoms with Gasteiger partial charge in [-0.3, -0.25) is 9.69 Å². The summed E-state index contributed by atoms with van der Waals surface area (Å²) in [6.07, 6.45) is 9.35. The Morgan fingerprint density at radius 2 is 1.88 bits per heavy atom. The summed E-state index contributed by atoms with van der Waals surface area (Å²) in [5, 5.41) is 3.12. The average Bonchev–Trinajstić information content (AvgIpc) is 3.42. The molecular formula is C21H28N4O. The lowest BCUT2D eigenvalue weighted by Gasteiger charge is -2.31. The maximum absolute atomic E-state index is 12.4. The van der Waals surface area contributed by atoms with Crippen LogP contribution in [0, 0.1) is 5.92 Å². The minimum Gasteiger partial charge on any atom is -0.356 e. The Morgan fingerprint density at radius 1 is 1.12 bits per heavy atom. The number of aromatic nitrogens is 2. The molecule has 1 amide bonds.